The van der Waals surface area contributed by atoms with Crippen LogP contribution in [-0.4, -0.2) is 36.1 Å². The van der Waals surface area contributed by atoms with Crippen molar-refractivity contribution in [2.75, 3.05) is 20.1 Å². The van der Waals surface area contributed by atoms with E-state index in [1.807, 2.05) is 13.8 Å². The number of hydrogen-bond acceptors (Lipinski definition) is 2. The van der Waals surface area contributed by atoms with Crippen molar-refractivity contribution in [2.45, 2.75) is 46.0 Å². The Labute approximate surface area is 98.8 Å². The van der Waals surface area contributed by atoms with Gasteiger partial charge in [-0.2, -0.15) is 0 Å². The molecule has 0 aliphatic heterocycles. The predicted molar refractivity (Wildman–Crippen MR) is 65.5 cm³/mol. The van der Waals surface area contributed by atoms with Crippen molar-refractivity contribution in [1.29, 1.82) is 0 Å². The summed E-state index contributed by atoms with van der Waals surface area (Å²) in [5.41, 5.74) is -0.590. The van der Waals surface area contributed by atoms with Crippen molar-refractivity contribution in [3.63, 3.8) is 0 Å². The topological polar surface area (TPSA) is 40.5 Å². The van der Waals surface area contributed by atoms with E-state index in [9.17, 15) is 9.90 Å². The maximum absolute atomic E-state index is 11.2. The molecule has 0 aromatic carbocycles. The molecule has 3 nitrogen and oxygen atoms in total. The summed E-state index contributed by atoms with van der Waals surface area (Å²) in [6, 6.07) is 0. The lowest BCUT2D eigenvalue weighted by Crippen LogP contribution is -2.40. The number of carboxylic acid groups (broad SMARTS) is 1. The first-order chi connectivity index (χ1) is 7.48. The molecule has 16 heavy (non-hydrogen) atoms. The minimum Gasteiger partial charge on any atom is -0.481 e. The van der Waals surface area contributed by atoms with Crippen LogP contribution in [0.2, 0.25) is 0 Å². The minimum absolute atomic E-state index is 0.590. The maximum atomic E-state index is 11.2. The zero-order valence-electron chi connectivity index (χ0n) is 10.8. The molecule has 1 N–H and O–H groups in total. The Bertz CT molecular complexity index is 236. The van der Waals surface area contributed by atoms with Gasteiger partial charge in [0.2, 0.25) is 0 Å². The summed E-state index contributed by atoms with van der Waals surface area (Å²) in [6.07, 6.45) is 6.03. The van der Waals surface area contributed by atoms with Crippen LogP contribution >= 0.6 is 0 Å². The van der Waals surface area contributed by atoms with Crippen LogP contribution in [0.4, 0.5) is 0 Å². The van der Waals surface area contributed by atoms with Crippen LogP contribution < -0.4 is 0 Å². The van der Waals surface area contributed by atoms with Crippen LogP contribution in [0.15, 0.2) is 0 Å². The fourth-order valence-electron chi connectivity index (χ4n) is 2.62. The lowest BCUT2D eigenvalue weighted by Gasteiger charge is -2.30. The number of carbonyl (C=O) groups is 1. The summed E-state index contributed by atoms with van der Waals surface area (Å²) in [5, 5.41) is 9.22. The molecule has 0 heterocycles. The van der Waals surface area contributed by atoms with Crippen LogP contribution in [0.3, 0.4) is 0 Å². The van der Waals surface area contributed by atoms with E-state index >= 15 is 0 Å². The SMILES string of the molecule is CCC(C)(CN(C)CC1CCCC1)C(=O)O. The third-order valence-corrected chi connectivity index (χ3v) is 3.96. The molecule has 0 aromatic heterocycles. The Morgan fingerprint density at radius 3 is 2.44 bits per heavy atom. The summed E-state index contributed by atoms with van der Waals surface area (Å²) < 4.78 is 0. The summed E-state index contributed by atoms with van der Waals surface area (Å²) >= 11 is 0. The van der Waals surface area contributed by atoms with Crippen LogP contribution in [0.1, 0.15) is 46.0 Å². The molecule has 1 fully saturated rings. The quantitative estimate of drug-likeness (QED) is 0.758. The van der Waals surface area contributed by atoms with Crippen molar-refractivity contribution < 1.29 is 9.90 Å². The van der Waals surface area contributed by atoms with E-state index in [-0.39, 0.29) is 0 Å². The molecule has 0 saturated heterocycles. The van der Waals surface area contributed by atoms with E-state index in [2.05, 4.69) is 11.9 Å². The first-order valence-electron chi connectivity index (χ1n) is 6.40. The number of aliphatic carboxylic acids is 1. The first-order valence-corrected chi connectivity index (χ1v) is 6.40. The Morgan fingerprint density at radius 1 is 1.44 bits per heavy atom. The maximum Gasteiger partial charge on any atom is 0.310 e. The van der Waals surface area contributed by atoms with Gasteiger partial charge in [-0.25, -0.2) is 0 Å². The van der Waals surface area contributed by atoms with Gasteiger partial charge in [0.15, 0.2) is 0 Å². The third-order valence-electron chi connectivity index (χ3n) is 3.96. The average Bonchev–Trinajstić information content (AvgIpc) is 2.69. The van der Waals surface area contributed by atoms with Gasteiger partial charge in [0.25, 0.3) is 0 Å². The fraction of sp³-hybridized carbons (Fsp3) is 0.923. The molecule has 0 radical (unpaired) electrons. The Kier molecular flexibility index (Phi) is 4.78. The van der Waals surface area contributed by atoms with Crippen molar-refractivity contribution in [3.05, 3.63) is 0 Å². The second kappa shape index (κ2) is 5.67. The predicted octanol–water partition coefficient (Wildman–Crippen LogP) is 2.61. The monoisotopic (exact) mass is 227 g/mol. The van der Waals surface area contributed by atoms with Crippen molar-refractivity contribution >= 4 is 5.97 Å². The molecule has 1 aliphatic rings. The summed E-state index contributed by atoms with van der Waals surface area (Å²) in [5.74, 6) is 0.119. The smallest absolute Gasteiger partial charge is 0.310 e. The number of carboxylic acids is 1. The van der Waals surface area contributed by atoms with E-state index in [0.29, 0.717) is 13.0 Å². The van der Waals surface area contributed by atoms with Crippen LogP contribution in [0.5, 0.6) is 0 Å². The molecule has 1 rings (SSSR count). The second-order valence-electron chi connectivity index (χ2n) is 5.57. The zero-order valence-corrected chi connectivity index (χ0v) is 10.8. The lowest BCUT2D eigenvalue weighted by molar-refractivity contribution is -0.149. The average molecular weight is 227 g/mol. The Balaban J connectivity index is 2.42. The standard InChI is InChI=1S/C13H25NO2/c1-4-13(2,12(15)16)10-14(3)9-11-7-5-6-8-11/h11H,4-10H2,1-3H3,(H,15,16). The molecule has 1 atom stereocenters. The van der Waals surface area contributed by atoms with Crippen LogP contribution in [-0.2, 0) is 4.79 Å². The number of hydrogen-bond donors (Lipinski definition) is 1. The Morgan fingerprint density at radius 2 is 2.00 bits per heavy atom. The normalized spacial score (nSPS) is 21.2. The molecule has 0 amide bonds. The lowest BCUT2D eigenvalue weighted by atomic mass is 9.87. The highest BCUT2D eigenvalue weighted by molar-refractivity contribution is 5.74. The van der Waals surface area contributed by atoms with Crippen LogP contribution in [0.25, 0.3) is 0 Å². The molecule has 1 aliphatic carbocycles. The molecule has 94 valence electrons. The fourth-order valence-corrected chi connectivity index (χ4v) is 2.62. The summed E-state index contributed by atoms with van der Waals surface area (Å²) in [6.45, 7) is 5.52. The zero-order chi connectivity index (χ0) is 12.2. The first kappa shape index (κ1) is 13.5. The van der Waals surface area contributed by atoms with Gasteiger partial charge in [0.1, 0.15) is 0 Å². The molecular formula is C13H25NO2. The second-order valence-corrected chi connectivity index (χ2v) is 5.57. The van der Waals surface area contributed by atoms with Gasteiger partial charge in [-0.15, -0.1) is 0 Å². The van der Waals surface area contributed by atoms with E-state index < -0.39 is 11.4 Å². The van der Waals surface area contributed by atoms with E-state index in [1.165, 1.54) is 25.7 Å². The highest BCUT2D eigenvalue weighted by Gasteiger charge is 2.32. The molecule has 3 heteroatoms. The van der Waals surface area contributed by atoms with Gasteiger partial charge >= 0.3 is 5.97 Å². The van der Waals surface area contributed by atoms with E-state index in [0.717, 1.165) is 12.5 Å². The Hall–Kier alpha value is -0.570. The molecular weight excluding hydrogens is 202 g/mol. The number of nitrogens with zero attached hydrogens (tertiary/aromatic N) is 1. The largest absolute Gasteiger partial charge is 0.481 e. The van der Waals surface area contributed by atoms with Gasteiger partial charge in [-0.05, 0) is 39.2 Å². The van der Waals surface area contributed by atoms with Gasteiger partial charge in [-0.1, -0.05) is 19.8 Å². The van der Waals surface area contributed by atoms with Gasteiger partial charge in [0.05, 0.1) is 5.41 Å². The van der Waals surface area contributed by atoms with Gasteiger partial charge in [0, 0.05) is 13.1 Å². The van der Waals surface area contributed by atoms with Crippen molar-refractivity contribution in [1.82, 2.24) is 4.90 Å². The minimum atomic E-state index is -0.673. The summed E-state index contributed by atoms with van der Waals surface area (Å²) in [7, 11) is 2.05. The van der Waals surface area contributed by atoms with Gasteiger partial charge < -0.3 is 10.0 Å². The van der Waals surface area contributed by atoms with Crippen molar-refractivity contribution in [3.8, 4) is 0 Å². The highest BCUT2D eigenvalue weighted by Crippen LogP contribution is 2.27. The highest BCUT2D eigenvalue weighted by atomic mass is 16.4. The van der Waals surface area contributed by atoms with Crippen LogP contribution in [0, 0.1) is 11.3 Å². The molecule has 0 bridgehead atoms. The summed E-state index contributed by atoms with van der Waals surface area (Å²) in [4.78, 5) is 13.4. The van der Waals surface area contributed by atoms with Gasteiger partial charge in [-0.3, -0.25) is 4.79 Å². The van der Waals surface area contributed by atoms with E-state index in [1.54, 1.807) is 0 Å². The molecule has 0 aromatic rings. The number of rotatable bonds is 6. The molecule has 0 spiro atoms. The van der Waals surface area contributed by atoms with Crippen molar-refractivity contribution in [2.24, 2.45) is 11.3 Å². The molecule has 1 unspecified atom stereocenters. The third kappa shape index (κ3) is 3.48. The van der Waals surface area contributed by atoms with E-state index in [4.69, 9.17) is 0 Å². The molecule has 1 saturated carbocycles.